The van der Waals surface area contributed by atoms with Gasteiger partial charge in [0.2, 0.25) is 0 Å². The second-order valence-corrected chi connectivity index (χ2v) is 6.57. The summed E-state index contributed by atoms with van der Waals surface area (Å²) in [5.41, 5.74) is 0.915. The SMILES string of the molecule is O=C(Cc1ccc(F)cc1)CN1CCCC2CCCCC21. The molecule has 2 atom stereocenters. The van der Waals surface area contributed by atoms with Crippen molar-refractivity contribution in [2.45, 2.75) is 51.0 Å². The number of carbonyl (C=O) groups is 1. The van der Waals surface area contributed by atoms with E-state index in [1.165, 1.54) is 50.7 Å². The van der Waals surface area contributed by atoms with Crippen LogP contribution >= 0.6 is 0 Å². The summed E-state index contributed by atoms with van der Waals surface area (Å²) < 4.78 is 12.9. The van der Waals surface area contributed by atoms with Crippen LogP contribution in [0, 0.1) is 11.7 Å². The quantitative estimate of drug-likeness (QED) is 0.844. The highest BCUT2D eigenvalue weighted by Gasteiger charge is 2.33. The molecule has 1 saturated carbocycles. The lowest BCUT2D eigenvalue weighted by Crippen LogP contribution is -2.48. The summed E-state index contributed by atoms with van der Waals surface area (Å²) in [5, 5.41) is 0. The van der Waals surface area contributed by atoms with E-state index >= 15 is 0 Å². The van der Waals surface area contributed by atoms with Crippen LogP contribution in [0.1, 0.15) is 44.1 Å². The fourth-order valence-corrected chi connectivity index (χ4v) is 4.04. The van der Waals surface area contributed by atoms with Gasteiger partial charge in [-0.15, -0.1) is 0 Å². The summed E-state index contributed by atoms with van der Waals surface area (Å²) in [4.78, 5) is 14.7. The Morgan fingerprint density at radius 1 is 1.10 bits per heavy atom. The number of ketones is 1. The molecule has 2 aliphatic rings. The van der Waals surface area contributed by atoms with Crippen molar-refractivity contribution in [1.82, 2.24) is 4.90 Å². The highest BCUT2D eigenvalue weighted by Crippen LogP contribution is 2.35. The lowest BCUT2D eigenvalue weighted by atomic mass is 9.78. The standard InChI is InChI=1S/C18H24FNO/c19-16-9-7-14(8-10-16)12-17(21)13-20-11-3-5-15-4-1-2-6-18(15)20/h7-10,15,18H,1-6,11-13H2. The van der Waals surface area contributed by atoms with E-state index in [2.05, 4.69) is 4.90 Å². The van der Waals surface area contributed by atoms with Crippen LogP contribution < -0.4 is 0 Å². The van der Waals surface area contributed by atoms with E-state index in [1.54, 1.807) is 12.1 Å². The van der Waals surface area contributed by atoms with Gasteiger partial charge in [-0.1, -0.05) is 25.0 Å². The fraction of sp³-hybridized carbons (Fsp3) is 0.611. The molecule has 2 nitrogen and oxygen atoms in total. The van der Waals surface area contributed by atoms with Crippen molar-refractivity contribution in [3.05, 3.63) is 35.6 Å². The number of carbonyl (C=O) groups excluding carboxylic acids is 1. The van der Waals surface area contributed by atoms with Crippen LogP contribution in [0.15, 0.2) is 24.3 Å². The number of Topliss-reactive ketones (excluding diaryl/α,β-unsaturated/α-hetero) is 1. The zero-order chi connectivity index (χ0) is 14.7. The molecular formula is C18H24FNO. The molecule has 21 heavy (non-hydrogen) atoms. The van der Waals surface area contributed by atoms with Crippen LogP contribution in [0.5, 0.6) is 0 Å². The Hall–Kier alpha value is -1.22. The lowest BCUT2D eigenvalue weighted by molar-refractivity contribution is -0.121. The maximum absolute atomic E-state index is 12.9. The third-order valence-corrected chi connectivity index (χ3v) is 5.05. The molecule has 114 valence electrons. The number of rotatable bonds is 4. The summed E-state index contributed by atoms with van der Waals surface area (Å²) in [6.07, 6.45) is 8.26. The first-order chi connectivity index (χ1) is 10.2. The minimum Gasteiger partial charge on any atom is -0.298 e. The number of hydrogen-bond donors (Lipinski definition) is 0. The maximum atomic E-state index is 12.9. The van der Waals surface area contributed by atoms with Gasteiger partial charge in [0, 0.05) is 12.5 Å². The van der Waals surface area contributed by atoms with Crippen LogP contribution in [0.25, 0.3) is 0 Å². The molecule has 0 radical (unpaired) electrons. The van der Waals surface area contributed by atoms with Gasteiger partial charge in [0.1, 0.15) is 5.82 Å². The van der Waals surface area contributed by atoms with Crippen molar-refractivity contribution < 1.29 is 9.18 Å². The number of halogens is 1. The molecule has 1 aromatic carbocycles. The van der Waals surface area contributed by atoms with Gasteiger partial charge >= 0.3 is 0 Å². The molecule has 3 rings (SSSR count). The van der Waals surface area contributed by atoms with Gasteiger partial charge in [0.05, 0.1) is 6.54 Å². The van der Waals surface area contributed by atoms with E-state index < -0.39 is 0 Å². The molecule has 0 aromatic heterocycles. The zero-order valence-corrected chi connectivity index (χ0v) is 12.6. The predicted octanol–water partition coefficient (Wildman–Crippen LogP) is 3.59. The first kappa shape index (κ1) is 14.7. The summed E-state index contributed by atoms with van der Waals surface area (Å²) in [6.45, 7) is 1.63. The van der Waals surface area contributed by atoms with Crippen molar-refractivity contribution in [2.24, 2.45) is 5.92 Å². The fourth-order valence-electron chi connectivity index (χ4n) is 4.04. The number of fused-ring (bicyclic) bond motifs is 1. The van der Waals surface area contributed by atoms with Crippen LogP contribution in [0.4, 0.5) is 4.39 Å². The second-order valence-electron chi connectivity index (χ2n) is 6.57. The Labute approximate surface area is 126 Å². The van der Waals surface area contributed by atoms with Crippen molar-refractivity contribution in [1.29, 1.82) is 0 Å². The largest absolute Gasteiger partial charge is 0.298 e. The van der Waals surface area contributed by atoms with Crippen molar-refractivity contribution in [3.8, 4) is 0 Å². The topological polar surface area (TPSA) is 20.3 Å². The Morgan fingerprint density at radius 3 is 2.62 bits per heavy atom. The highest BCUT2D eigenvalue weighted by molar-refractivity contribution is 5.82. The van der Waals surface area contributed by atoms with Crippen molar-refractivity contribution in [3.63, 3.8) is 0 Å². The molecule has 1 saturated heterocycles. The molecular weight excluding hydrogens is 265 g/mol. The van der Waals surface area contributed by atoms with Crippen LogP contribution in [-0.2, 0) is 11.2 Å². The molecule has 0 bridgehead atoms. The van der Waals surface area contributed by atoms with Gasteiger partial charge in [-0.2, -0.15) is 0 Å². The molecule has 3 heteroatoms. The molecule has 0 spiro atoms. The number of likely N-dealkylation sites (tertiary alicyclic amines) is 1. The highest BCUT2D eigenvalue weighted by atomic mass is 19.1. The lowest BCUT2D eigenvalue weighted by Gasteiger charge is -2.43. The van der Waals surface area contributed by atoms with Gasteiger partial charge in [0.25, 0.3) is 0 Å². The Morgan fingerprint density at radius 2 is 1.81 bits per heavy atom. The Balaban J connectivity index is 1.57. The van der Waals surface area contributed by atoms with Crippen LogP contribution in [0.2, 0.25) is 0 Å². The number of nitrogens with zero attached hydrogens (tertiary/aromatic N) is 1. The first-order valence-electron chi connectivity index (χ1n) is 8.22. The Kier molecular flexibility index (Phi) is 4.69. The van der Waals surface area contributed by atoms with Crippen LogP contribution in [0.3, 0.4) is 0 Å². The average molecular weight is 289 g/mol. The van der Waals surface area contributed by atoms with E-state index in [4.69, 9.17) is 0 Å². The molecule has 1 aliphatic carbocycles. The van der Waals surface area contributed by atoms with Gasteiger partial charge < -0.3 is 0 Å². The zero-order valence-electron chi connectivity index (χ0n) is 12.6. The molecule has 2 unspecified atom stereocenters. The Bertz CT molecular complexity index is 482. The van der Waals surface area contributed by atoms with Gasteiger partial charge in [-0.3, -0.25) is 9.69 Å². The van der Waals surface area contributed by atoms with Crippen LogP contribution in [-0.4, -0.2) is 29.8 Å². The third-order valence-electron chi connectivity index (χ3n) is 5.05. The summed E-state index contributed by atoms with van der Waals surface area (Å²) >= 11 is 0. The molecule has 1 aliphatic heterocycles. The van der Waals surface area contributed by atoms with E-state index in [9.17, 15) is 9.18 Å². The molecule has 0 N–H and O–H groups in total. The first-order valence-corrected chi connectivity index (χ1v) is 8.22. The van der Waals surface area contributed by atoms with E-state index in [1.807, 2.05) is 0 Å². The third kappa shape index (κ3) is 3.70. The normalized spacial score (nSPS) is 26.3. The predicted molar refractivity (Wildman–Crippen MR) is 81.7 cm³/mol. The van der Waals surface area contributed by atoms with Crippen molar-refractivity contribution in [2.75, 3.05) is 13.1 Å². The second kappa shape index (κ2) is 6.69. The van der Waals surface area contributed by atoms with E-state index in [0.29, 0.717) is 19.0 Å². The minimum atomic E-state index is -0.243. The van der Waals surface area contributed by atoms with E-state index in [0.717, 1.165) is 18.0 Å². The monoisotopic (exact) mass is 289 g/mol. The maximum Gasteiger partial charge on any atom is 0.151 e. The van der Waals surface area contributed by atoms with Gasteiger partial charge in [-0.25, -0.2) is 4.39 Å². The number of hydrogen-bond acceptors (Lipinski definition) is 2. The van der Waals surface area contributed by atoms with E-state index in [-0.39, 0.29) is 11.6 Å². The summed E-state index contributed by atoms with van der Waals surface area (Å²) in [7, 11) is 0. The van der Waals surface area contributed by atoms with Crippen molar-refractivity contribution >= 4 is 5.78 Å². The number of benzene rings is 1. The summed E-state index contributed by atoms with van der Waals surface area (Å²) in [5.74, 6) is 0.825. The van der Waals surface area contributed by atoms with Gasteiger partial charge in [-0.05, 0) is 55.8 Å². The molecule has 0 amide bonds. The summed E-state index contributed by atoms with van der Waals surface area (Å²) in [6, 6.07) is 6.92. The average Bonchev–Trinajstić information content (AvgIpc) is 2.50. The smallest absolute Gasteiger partial charge is 0.151 e. The minimum absolute atomic E-state index is 0.243. The molecule has 1 heterocycles. The van der Waals surface area contributed by atoms with Gasteiger partial charge in [0.15, 0.2) is 5.78 Å². The molecule has 1 aromatic rings. The molecule has 2 fully saturated rings. The number of piperidine rings is 1.